The first-order valence-corrected chi connectivity index (χ1v) is 22.9. The minimum Gasteiger partial charge on any atom is -0.310 e. The van der Waals surface area contributed by atoms with Crippen molar-refractivity contribution in [3.05, 3.63) is 231 Å². The highest BCUT2D eigenvalue weighted by atomic mass is 32.1. The molecule has 4 heteroatoms. The second-order valence-corrected chi connectivity index (χ2v) is 18.0. The van der Waals surface area contributed by atoms with Gasteiger partial charge in [-0.25, -0.2) is 4.98 Å². The quantitative estimate of drug-likeness (QED) is 0.152. The van der Waals surface area contributed by atoms with Gasteiger partial charge in [0.25, 0.3) is 0 Å². The normalized spacial score (nSPS) is 11.5. The summed E-state index contributed by atoms with van der Waals surface area (Å²) in [4.78, 5) is 7.40. The van der Waals surface area contributed by atoms with Gasteiger partial charge >= 0.3 is 0 Å². The molecule has 0 atom stereocenters. The summed E-state index contributed by atoms with van der Waals surface area (Å²) in [6.45, 7) is 0. The third-order valence-corrected chi connectivity index (χ3v) is 14.4. The van der Waals surface area contributed by atoms with Crippen molar-refractivity contribution in [1.82, 2.24) is 4.98 Å². The van der Waals surface area contributed by atoms with Crippen LogP contribution in [0.15, 0.2) is 231 Å². The standard InChI is InChI=1S/C59H38N2S2/c1-4-13-39(14-5-1)44-19-12-20-48(37-44)61(47-30-25-42(26-31-47)50-34-33-49(41-15-6-2-7-16-41)51-21-10-11-22-52(50)51)46-28-23-40(24-29-46)45-27-32-53-56(38-45)62-55-36-35-54-58(57(53)55)63-59(60-54)43-17-8-3-9-18-43/h1-38H. The number of anilines is 3. The molecule has 63 heavy (non-hydrogen) atoms. The topological polar surface area (TPSA) is 16.1 Å². The first-order chi connectivity index (χ1) is 31.2. The molecule has 12 rings (SSSR count). The van der Waals surface area contributed by atoms with Crippen molar-refractivity contribution in [2.75, 3.05) is 4.90 Å². The molecule has 0 aliphatic carbocycles. The number of nitrogens with zero attached hydrogens (tertiary/aromatic N) is 2. The Labute approximate surface area is 374 Å². The van der Waals surface area contributed by atoms with Crippen LogP contribution in [0.1, 0.15) is 0 Å². The molecule has 2 heterocycles. The third kappa shape index (κ3) is 6.77. The Kier molecular flexibility index (Phi) is 9.25. The predicted molar refractivity (Wildman–Crippen MR) is 272 cm³/mol. The van der Waals surface area contributed by atoms with E-state index in [2.05, 4.69) is 235 Å². The fourth-order valence-electron chi connectivity index (χ4n) is 9.05. The molecule has 0 N–H and O–H groups in total. The Bertz CT molecular complexity index is 3590. The minimum atomic E-state index is 1.06. The molecule has 0 aliphatic rings. The van der Waals surface area contributed by atoms with E-state index < -0.39 is 0 Å². The summed E-state index contributed by atoms with van der Waals surface area (Å²) in [5, 5.41) is 6.17. The van der Waals surface area contributed by atoms with Gasteiger partial charge < -0.3 is 4.90 Å². The molecule has 296 valence electrons. The molecule has 2 aromatic heterocycles. The van der Waals surface area contributed by atoms with Crippen LogP contribution in [-0.2, 0) is 0 Å². The van der Waals surface area contributed by atoms with Crippen LogP contribution >= 0.6 is 22.7 Å². The Hall–Kier alpha value is -7.63. The zero-order valence-corrected chi connectivity index (χ0v) is 35.8. The van der Waals surface area contributed by atoms with Crippen molar-refractivity contribution in [1.29, 1.82) is 0 Å². The summed E-state index contributed by atoms with van der Waals surface area (Å²) in [6.07, 6.45) is 0. The van der Waals surface area contributed by atoms with E-state index in [0.717, 1.165) is 33.1 Å². The van der Waals surface area contributed by atoms with Gasteiger partial charge in [0.1, 0.15) is 5.01 Å². The van der Waals surface area contributed by atoms with Crippen LogP contribution in [0.4, 0.5) is 17.1 Å². The lowest BCUT2D eigenvalue weighted by Crippen LogP contribution is -2.10. The summed E-state index contributed by atoms with van der Waals surface area (Å²) in [6, 6.07) is 83.4. The van der Waals surface area contributed by atoms with E-state index in [9.17, 15) is 0 Å². The van der Waals surface area contributed by atoms with Crippen LogP contribution in [-0.4, -0.2) is 4.98 Å². The molecule has 0 bridgehead atoms. The van der Waals surface area contributed by atoms with Gasteiger partial charge in [0.05, 0.1) is 10.2 Å². The summed E-state index contributed by atoms with van der Waals surface area (Å²) in [7, 11) is 0. The van der Waals surface area contributed by atoms with Gasteiger partial charge in [0.15, 0.2) is 0 Å². The van der Waals surface area contributed by atoms with Gasteiger partial charge in [0.2, 0.25) is 0 Å². The van der Waals surface area contributed by atoms with E-state index in [1.54, 1.807) is 11.3 Å². The van der Waals surface area contributed by atoms with Crippen molar-refractivity contribution >= 4 is 80.9 Å². The lowest BCUT2D eigenvalue weighted by molar-refractivity contribution is 1.28. The van der Waals surface area contributed by atoms with Crippen molar-refractivity contribution in [3.63, 3.8) is 0 Å². The molecule has 0 fully saturated rings. The molecule has 0 amide bonds. The predicted octanol–water partition coefficient (Wildman–Crippen LogP) is 17.6. The van der Waals surface area contributed by atoms with E-state index in [0.29, 0.717) is 0 Å². The Morgan fingerprint density at radius 3 is 1.51 bits per heavy atom. The number of hydrogen-bond donors (Lipinski definition) is 0. The highest BCUT2D eigenvalue weighted by Gasteiger charge is 2.18. The van der Waals surface area contributed by atoms with E-state index >= 15 is 0 Å². The molecule has 12 aromatic rings. The maximum Gasteiger partial charge on any atom is 0.124 e. The van der Waals surface area contributed by atoms with Crippen molar-refractivity contribution in [2.24, 2.45) is 0 Å². The second-order valence-electron chi connectivity index (χ2n) is 15.9. The Balaban J connectivity index is 0.912. The van der Waals surface area contributed by atoms with Crippen LogP contribution < -0.4 is 4.90 Å². The maximum absolute atomic E-state index is 5.03. The van der Waals surface area contributed by atoms with Crippen molar-refractivity contribution < 1.29 is 0 Å². The van der Waals surface area contributed by atoms with Gasteiger partial charge in [-0.1, -0.05) is 176 Å². The summed E-state index contributed by atoms with van der Waals surface area (Å²) in [5.41, 5.74) is 15.2. The fraction of sp³-hybridized carbons (Fsp3) is 0. The van der Waals surface area contributed by atoms with Crippen LogP contribution in [0.3, 0.4) is 0 Å². The van der Waals surface area contributed by atoms with Crippen molar-refractivity contribution in [2.45, 2.75) is 0 Å². The zero-order valence-electron chi connectivity index (χ0n) is 34.2. The summed E-state index contributed by atoms with van der Waals surface area (Å²) >= 11 is 3.65. The molecule has 0 aliphatic heterocycles. The van der Waals surface area contributed by atoms with E-state index in [-0.39, 0.29) is 0 Å². The number of thiophene rings is 1. The average molecular weight is 839 g/mol. The van der Waals surface area contributed by atoms with Crippen LogP contribution in [0.5, 0.6) is 0 Å². The fourth-order valence-corrected chi connectivity index (χ4v) is 11.4. The number of hydrogen-bond acceptors (Lipinski definition) is 4. The van der Waals surface area contributed by atoms with E-state index in [4.69, 9.17) is 4.98 Å². The SMILES string of the molecule is c1ccc(-c2cccc(N(c3ccc(-c4ccc5c(c4)sc4ccc6nc(-c7ccccc7)sc6c45)cc3)c3ccc(-c4ccc(-c5ccccc5)c5ccccc45)cc3)c2)cc1. The maximum atomic E-state index is 5.03. The first kappa shape index (κ1) is 37.2. The van der Waals surface area contributed by atoms with Gasteiger partial charge in [-0.3, -0.25) is 0 Å². The Morgan fingerprint density at radius 1 is 0.317 bits per heavy atom. The first-order valence-electron chi connectivity index (χ1n) is 21.3. The van der Waals surface area contributed by atoms with Crippen LogP contribution in [0, 0.1) is 0 Å². The largest absolute Gasteiger partial charge is 0.310 e. The van der Waals surface area contributed by atoms with Crippen LogP contribution in [0.2, 0.25) is 0 Å². The number of aromatic nitrogens is 1. The highest BCUT2D eigenvalue weighted by Crippen LogP contribution is 2.45. The van der Waals surface area contributed by atoms with E-state index in [1.165, 1.54) is 80.2 Å². The lowest BCUT2D eigenvalue weighted by Gasteiger charge is -2.26. The molecule has 0 unspecified atom stereocenters. The zero-order chi connectivity index (χ0) is 41.7. The van der Waals surface area contributed by atoms with Gasteiger partial charge in [0, 0.05) is 42.8 Å². The minimum absolute atomic E-state index is 1.06. The molecule has 2 nitrogen and oxygen atoms in total. The molecule has 10 aromatic carbocycles. The van der Waals surface area contributed by atoms with Crippen LogP contribution in [0.25, 0.3) is 96.2 Å². The van der Waals surface area contributed by atoms with E-state index in [1.807, 2.05) is 11.3 Å². The molecule has 0 spiro atoms. The second kappa shape index (κ2) is 15.7. The van der Waals surface area contributed by atoms with Gasteiger partial charge in [-0.05, 0) is 110 Å². The summed E-state index contributed by atoms with van der Waals surface area (Å²) < 4.78 is 3.84. The van der Waals surface area contributed by atoms with Gasteiger partial charge in [-0.15, -0.1) is 22.7 Å². The average Bonchev–Trinajstić information content (AvgIpc) is 3.97. The molecule has 0 saturated carbocycles. The van der Waals surface area contributed by atoms with Crippen molar-refractivity contribution in [3.8, 4) is 55.1 Å². The number of benzene rings is 10. The number of rotatable bonds is 8. The third-order valence-electron chi connectivity index (χ3n) is 12.1. The molecule has 0 saturated heterocycles. The monoisotopic (exact) mass is 838 g/mol. The lowest BCUT2D eigenvalue weighted by atomic mass is 9.92. The molecular weight excluding hydrogens is 801 g/mol. The number of fused-ring (bicyclic) bond motifs is 6. The molecular formula is C59H38N2S2. The summed E-state index contributed by atoms with van der Waals surface area (Å²) in [5.74, 6) is 0. The highest BCUT2D eigenvalue weighted by molar-refractivity contribution is 7.28. The Morgan fingerprint density at radius 2 is 0.841 bits per heavy atom. The number of thiazole rings is 1. The van der Waals surface area contributed by atoms with Gasteiger partial charge in [-0.2, -0.15) is 0 Å². The molecule has 0 radical (unpaired) electrons. The smallest absolute Gasteiger partial charge is 0.124 e.